The zero-order chi connectivity index (χ0) is 19.7. The van der Waals surface area contributed by atoms with Crippen LogP contribution in [0.4, 0.5) is 0 Å². The summed E-state index contributed by atoms with van der Waals surface area (Å²) in [4.78, 5) is 46.9. The first-order chi connectivity index (χ1) is 12.4. The molecule has 0 spiro atoms. The molecule has 0 saturated carbocycles. The van der Waals surface area contributed by atoms with Crippen molar-refractivity contribution >= 4 is 23.9 Å². The Morgan fingerprint density at radius 2 is 1.12 bits per heavy atom. The van der Waals surface area contributed by atoms with Gasteiger partial charge in [-0.2, -0.15) is 0 Å². The van der Waals surface area contributed by atoms with Gasteiger partial charge in [0.1, 0.15) is 0 Å². The quantitative estimate of drug-likeness (QED) is 0.457. The Bertz CT molecular complexity index is 470. The fourth-order valence-corrected chi connectivity index (χ4v) is 2.15. The summed E-state index contributed by atoms with van der Waals surface area (Å²) < 4.78 is 26.5. The molecule has 1 heterocycles. The van der Waals surface area contributed by atoms with E-state index in [0.717, 1.165) is 0 Å². The molecule has 1 fully saturated rings. The van der Waals surface area contributed by atoms with Crippen molar-refractivity contribution in [3.05, 3.63) is 0 Å². The second-order valence-electron chi connectivity index (χ2n) is 5.54. The molecule has 9 heteroatoms. The third-order valence-corrected chi connectivity index (χ3v) is 3.60. The summed E-state index contributed by atoms with van der Waals surface area (Å²) >= 11 is 0. The lowest BCUT2D eigenvalue weighted by atomic mass is 10.0. The topological polar surface area (TPSA) is 114 Å². The summed E-state index contributed by atoms with van der Waals surface area (Å²) in [6.45, 7) is 6.21. The molecule has 1 aliphatic heterocycles. The number of ether oxygens (including phenoxy) is 5. The fourth-order valence-electron chi connectivity index (χ4n) is 2.15. The second-order valence-corrected chi connectivity index (χ2v) is 5.54. The zero-order valence-corrected chi connectivity index (χ0v) is 15.5. The highest BCUT2D eigenvalue weighted by Crippen LogP contribution is 2.26. The van der Waals surface area contributed by atoms with E-state index in [9.17, 15) is 19.2 Å². The highest BCUT2D eigenvalue weighted by molar-refractivity contribution is 5.71. The van der Waals surface area contributed by atoms with E-state index in [4.69, 9.17) is 23.7 Å². The van der Waals surface area contributed by atoms with E-state index in [1.165, 1.54) is 0 Å². The Balaban J connectivity index is 3.10. The van der Waals surface area contributed by atoms with Crippen LogP contribution < -0.4 is 0 Å². The molecule has 26 heavy (non-hydrogen) atoms. The Hall–Kier alpha value is -2.16. The molecule has 0 aromatic carbocycles. The Morgan fingerprint density at radius 1 is 0.692 bits per heavy atom. The van der Waals surface area contributed by atoms with Crippen molar-refractivity contribution in [3.63, 3.8) is 0 Å². The molecule has 0 bridgehead atoms. The van der Waals surface area contributed by atoms with Crippen molar-refractivity contribution in [3.8, 4) is 0 Å². The maximum absolute atomic E-state index is 11.8. The highest BCUT2D eigenvalue weighted by Gasteiger charge is 2.49. The van der Waals surface area contributed by atoms with Gasteiger partial charge in [0.2, 0.25) is 12.4 Å². The Labute approximate surface area is 152 Å². The number of carbonyl (C=O) groups excluding carboxylic acids is 4. The van der Waals surface area contributed by atoms with Gasteiger partial charge in [0, 0.05) is 25.7 Å². The summed E-state index contributed by atoms with van der Waals surface area (Å²) in [5.74, 6) is -2.28. The van der Waals surface area contributed by atoms with Crippen LogP contribution in [-0.2, 0) is 42.9 Å². The van der Waals surface area contributed by atoms with Gasteiger partial charge in [-0.25, -0.2) is 0 Å². The van der Waals surface area contributed by atoms with Crippen LogP contribution in [0.3, 0.4) is 0 Å². The van der Waals surface area contributed by atoms with Crippen LogP contribution in [0.15, 0.2) is 0 Å². The zero-order valence-electron chi connectivity index (χ0n) is 15.5. The number of hydrogen-bond acceptors (Lipinski definition) is 9. The average Bonchev–Trinajstić information content (AvgIpc) is 2.65. The first kappa shape index (κ1) is 21.9. The van der Waals surface area contributed by atoms with Crippen LogP contribution in [0, 0.1) is 0 Å². The molecule has 9 nitrogen and oxygen atoms in total. The van der Waals surface area contributed by atoms with Crippen LogP contribution in [0.25, 0.3) is 0 Å². The molecule has 1 rings (SSSR count). The van der Waals surface area contributed by atoms with Crippen molar-refractivity contribution in [2.24, 2.45) is 0 Å². The molecule has 0 aromatic rings. The minimum Gasteiger partial charge on any atom is -0.456 e. The van der Waals surface area contributed by atoms with Crippen molar-refractivity contribution in [2.75, 3.05) is 6.61 Å². The largest absolute Gasteiger partial charge is 0.456 e. The van der Waals surface area contributed by atoms with E-state index in [0.29, 0.717) is 0 Å². The lowest BCUT2D eigenvalue weighted by Gasteiger charge is -2.40. The fraction of sp³-hybridized carbons (Fsp3) is 0.765. The molecule has 1 aliphatic rings. The van der Waals surface area contributed by atoms with E-state index < -0.39 is 48.5 Å². The van der Waals surface area contributed by atoms with Gasteiger partial charge in [0.15, 0.2) is 12.2 Å². The summed E-state index contributed by atoms with van der Waals surface area (Å²) in [6.07, 6.45) is -4.30. The van der Waals surface area contributed by atoms with E-state index in [1.54, 1.807) is 27.7 Å². The van der Waals surface area contributed by atoms with Gasteiger partial charge in [-0.1, -0.05) is 27.7 Å². The van der Waals surface area contributed by atoms with Gasteiger partial charge in [0.05, 0.1) is 6.61 Å². The Morgan fingerprint density at radius 3 is 1.62 bits per heavy atom. The van der Waals surface area contributed by atoms with Crippen LogP contribution in [0.5, 0.6) is 0 Å². The maximum atomic E-state index is 11.8. The molecule has 0 unspecified atom stereocenters. The number of rotatable bonds is 8. The SMILES string of the molecule is CCC(=O)O[C@@H]1OC[C@@H](OC(=O)CC)[C@@H](OC(=O)CC)[C@H]1OC(=O)CC. The van der Waals surface area contributed by atoms with Gasteiger partial charge in [-0.3, -0.25) is 19.2 Å². The number of hydrogen-bond donors (Lipinski definition) is 0. The lowest BCUT2D eigenvalue weighted by Crippen LogP contribution is -2.58. The average molecular weight is 374 g/mol. The minimum atomic E-state index is -1.26. The highest BCUT2D eigenvalue weighted by atomic mass is 16.7. The molecular weight excluding hydrogens is 348 g/mol. The predicted octanol–water partition coefficient (Wildman–Crippen LogP) is 1.26. The second kappa shape index (κ2) is 10.7. The van der Waals surface area contributed by atoms with E-state index in [1.807, 2.05) is 0 Å². The summed E-state index contributed by atoms with van der Waals surface area (Å²) in [5, 5.41) is 0. The molecule has 0 radical (unpaired) electrons. The lowest BCUT2D eigenvalue weighted by molar-refractivity contribution is -0.275. The molecule has 0 N–H and O–H groups in total. The monoisotopic (exact) mass is 374 g/mol. The molecule has 1 saturated heterocycles. The molecule has 0 amide bonds. The first-order valence-corrected chi connectivity index (χ1v) is 8.75. The van der Waals surface area contributed by atoms with Crippen LogP contribution in [0.1, 0.15) is 53.4 Å². The van der Waals surface area contributed by atoms with Crippen molar-refractivity contribution in [1.82, 2.24) is 0 Å². The van der Waals surface area contributed by atoms with Gasteiger partial charge in [-0.15, -0.1) is 0 Å². The van der Waals surface area contributed by atoms with E-state index in [2.05, 4.69) is 0 Å². The maximum Gasteiger partial charge on any atom is 0.307 e. The molecule has 148 valence electrons. The Kier molecular flexibility index (Phi) is 9.04. The molecule has 0 aliphatic carbocycles. The van der Waals surface area contributed by atoms with Crippen LogP contribution >= 0.6 is 0 Å². The van der Waals surface area contributed by atoms with Crippen molar-refractivity contribution < 1.29 is 42.9 Å². The van der Waals surface area contributed by atoms with Crippen molar-refractivity contribution in [1.29, 1.82) is 0 Å². The first-order valence-electron chi connectivity index (χ1n) is 8.75. The van der Waals surface area contributed by atoms with Gasteiger partial charge >= 0.3 is 23.9 Å². The van der Waals surface area contributed by atoms with Crippen molar-refractivity contribution in [2.45, 2.75) is 78.0 Å². The normalized spacial score (nSPS) is 25.1. The van der Waals surface area contributed by atoms with E-state index in [-0.39, 0.29) is 32.3 Å². The predicted molar refractivity (Wildman–Crippen MR) is 86.6 cm³/mol. The van der Waals surface area contributed by atoms with Gasteiger partial charge < -0.3 is 23.7 Å². The summed E-state index contributed by atoms with van der Waals surface area (Å²) in [6, 6.07) is 0. The number of esters is 4. The molecular formula is C17H26O9. The number of carbonyl (C=O) groups is 4. The third kappa shape index (κ3) is 6.29. The standard InChI is InChI=1S/C17H26O9/c1-5-11(18)23-10-9-22-17(26-14(21)8-4)16(25-13(20)7-3)15(10)24-12(19)6-2/h10,15-17H,5-9H2,1-4H3/t10-,15-,16-,17+/m1/s1. The third-order valence-electron chi connectivity index (χ3n) is 3.60. The van der Waals surface area contributed by atoms with Crippen LogP contribution in [0.2, 0.25) is 0 Å². The smallest absolute Gasteiger partial charge is 0.307 e. The van der Waals surface area contributed by atoms with Crippen LogP contribution in [-0.4, -0.2) is 55.1 Å². The summed E-state index contributed by atoms with van der Waals surface area (Å²) in [5.41, 5.74) is 0. The van der Waals surface area contributed by atoms with Gasteiger partial charge in [0.25, 0.3) is 0 Å². The minimum absolute atomic E-state index is 0.0544. The molecule has 0 aromatic heterocycles. The van der Waals surface area contributed by atoms with Gasteiger partial charge in [-0.05, 0) is 0 Å². The van der Waals surface area contributed by atoms with E-state index >= 15 is 0 Å². The summed E-state index contributed by atoms with van der Waals surface area (Å²) in [7, 11) is 0. The molecule has 4 atom stereocenters.